The summed E-state index contributed by atoms with van der Waals surface area (Å²) in [5.74, 6) is 1.67. The summed E-state index contributed by atoms with van der Waals surface area (Å²) in [6, 6.07) is 12.2. The lowest BCUT2D eigenvalue weighted by Crippen LogP contribution is -2.05. The van der Waals surface area contributed by atoms with E-state index in [1.54, 1.807) is 6.20 Å². The minimum absolute atomic E-state index is 0.548. The quantitative estimate of drug-likeness (QED) is 0.677. The Hall–Kier alpha value is -3.00. The fraction of sp³-hybridized carbons (Fsp3) is 0.263. The largest absolute Gasteiger partial charge is 0.310 e. The molecule has 24 heavy (non-hydrogen) atoms. The highest BCUT2D eigenvalue weighted by Crippen LogP contribution is 2.24. The fourth-order valence-electron chi connectivity index (χ4n) is 3.23. The topological polar surface area (TPSA) is 67.4 Å². The highest BCUT2D eigenvalue weighted by atomic mass is 15.3. The molecule has 0 unspecified atom stereocenters. The molecular weight excluding hydrogens is 298 g/mol. The summed E-state index contributed by atoms with van der Waals surface area (Å²) >= 11 is 0. The van der Waals surface area contributed by atoms with E-state index in [0.29, 0.717) is 11.4 Å². The summed E-state index contributed by atoms with van der Waals surface area (Å²) in [6.45, 7) is 0.883. The van der Waals surface area contributed by atoms with Gasteiger partial charge in [-0.2, -0.15) is 5.26 Å². The minimum atomic E-state index is 0.548. The molecule has 3 heterocycles. The van der Waals surface area contributed by atoms with E-state index < -0.39 is 0 Å². The van der Waals surface area contributed by atoms with Crippen LogP contribution in [0, 0.1) is 11.3 Å². The van der Waals surface area contributed by atoms with Crippen LogP contribution in [0.2, 0.25) is 0 Å². The number of hydrogen-bond acceptors (Lipinski definition) is 4. The molecule has 0 aliphatic carbocycles. The Morgan fingerprint density at radius 2 is 2.04 bits per heavy atom. The van der Waals surface area contributed by atoms with E-state index in [0.717, 1.165) is 48.1 Å². The summed E-state index contributed by atoms with van der Waals surface area (Å²) < 4.78 is 2.10. The Balaban J connectivity index is 1.83. The highest BCUT2D eigenvalue weighted by molar-refractivity contribution is 5.95. The van der Waals surface area contributed by atoms with Crippen molar-refractivity contribution in [3.05, 3.63) is 53.7 Å². The molecule has 0 saturated heterocycles. The maximum Gasteiger partial charge on any atom is 0.174 e. The molecule has 0 N–H and O–H groups in total. The first-order chi connectivity index (χ1) is 11.9. The molecule has 4 rings (SSSR count). The summed E-state index contributed by atoms with van der Waals surface area (Å²) in [5.41, 5.74) is 2.44. The van der Waals surface area contributed by atoms with Crippen molar-refractivity contribution in [2.75, 3.05) is 0 Å². The normalized spacial score (nSPS) is 14.9. The Bertz CT molecular complexity index is 956. The SMILES string of the molecule is N#CC(=Cc1ccnc2ccccc12)c1nnc2n1CCCCC2. The fourth-order valence-corrected chi connectivity index (χ4v) is 3.23. The smallest absolute Gasteiger partial charge is 0.174 e. The lowest BCUT2D eigenvalue weighted by atomic mass is 10.1. The van der Waals surface area contributed by atoms with Gasteiger partial charge in [0.1, 0.15) is 11.9 Å². The summed E-state index contributed by atoms with van der Waals surface area (Å²) in [7, 11) is 0. The van der Waals surface area contributed by atoms with Crippen molar-refractivity contribution in [2.45, 2.75) is 32.2 Å². The third kappa shape index (κ3) is 2.56. The molecule has 0 spiro atoms. The highest BCUT2D eigenvalue weighted by Gasteiger charge is 2.17. The van der Waals surface area contributed by atoms with Crippen LogP contribution in [0.5, 0.6) is 0 Å². The van der Waals surface area contributed by atoms with E-state index in [-0.39, 0.29) is 0 Å². The minimum Gasteiger partial charge on any atom is -0.310 e. The predicted molar refractivity (Wildman–Crippen MR) is 92.8 cm³/mol. The third-order valence-corrected chi connectivity index (χ3v) is 4.45. The Morgan fingerprint density at radius 3 is 2.96 bits per heavy atom. The molecule has 0 bridgehead atoms. The van der Waals surface area contributed by atoms with Gasteiger partial charge in [-0.15, -0.1) is 10.2 Å². The molecule has 2 aromatic heterocycles. The van der Waals surface area contributed by atoms with Crippen LogP contribution >= 0.6 is 0 Å². The zero-order valence-corrected chi connectivity index (χ0v) is 13.3. The predicted octanol–water partition coefficient (Wildman–Crippen LogP) is 3.62. The Morgan fingerprint density at radius 1 is 1.12 bits per heavy atom. The molecule has 0 radical (unpaired) electrons. The summed E-state index contributed by atoms with van der Waals surface area (Å²) in [5, 5.41) is 19.3. The maximum atomic E-state index is 9.69. The number of pyridine rings is 1. The van der Waals surface area contributed by atoms with Crippen LogP contribution in [0.1, 0.15) is 36.5 Å². The molecule has 5 nitrogen and oxygen atoms in total. The number of fused-ring (bicyclic) bond motifs is 2. The number of aromatic nitrogens is 4. The number of hydrogen-bond donors (Lipinski definition) is 0. The second-order valence-electron chi connectivity index (χ2n) is 5.99. The van der Waals surface area contributed by atoms with Gasteiger partial charge in [0.25, 0.3) is 0 Å². The van der Waals surface area contributed by atoms with Gasteiger partial charge >= 0.3 is 0 Å². The molecular formula is C19H17N5. The monoisotopic (exact) mass is 315 g/mol. The van der Waals surface area contributed by atoms with Crippen LogP contribution in [-0.4, -0.2) is 19.7 Å². The molecule has 3 aromatic rings. The number of aryl methyl sites for hydroxylation is 1. The lowest BCUT2D eigenvalue weighted by molar-refractivity contribution is 0.627. The molecule has 0 amide bonds. The Kier molecular flexibility index (Phi) is 3.80. The van der Waals surface area contributed by atoms with Crippen LogP contribution in [-0.2, 0) is 13.0 Å². The van der Waals surface area contributed by atoms with Gasteiger partial charge < -0.3 is 4.57 Å². The second-order valence-corrected chi connectivity index (χ2v) is 5.99. The van der Waals surface area contributed by atoms with Crippen LogP contribution in [0.4, 0.5) is 0 Å². The first-order valence-electron chi connectivity index (χ1n) is 8.25. The van der Waals surface area contributed by atoms with Gasteiger partial charge in [0.05, 0.1) is 11.1 Å². The average molecular weight is 315 g/mol. The van der Waals surface area contributed by atoms with E-state index in [9.17, 15) is 5.26 Å². The van der Waals surface area contributed by atoms with Crippen molar-refractivity contribution >= 4 is 22.6 Å². The molecule has 1 aliphatic rings. The molecule has 0 saturated carbocycles. The van der Waals surface area contributed by atoms with E-state index >= 15 is 0 Å². The number of allylic oxidation sites excluding steroid dienone is 1. The van der Waals surface area contributed by atoms with E-state index in [1.165, 1.54) is 6.42 Å². The zero-order valence-electron chi connectivity index (χ0n) is 13.3. The van der Waals surface area contributed by atoms with Crippen molar-refractivity contribution < 1.29 is 0 Å². The van der Waals surface area contributed by atoms with Gasteiger partial charge in [0.15, 0.2) is 5.82 Å². The average Bonchev–Trinajstić information content (AvgIpc) is 2.87. The Labute approximate surface area is 140 Å². The van der Waals surface area contributed by atoms with Crippen molar-refractivity contribution in [1.82, 2.24) is 19.7 Å². The van der Waals surface area contributed by atoms with Crippen molar-refractivity contribution in [3.8, 4) is 6.07 Å². The molecule has 5 heteroatoms. The molecule has 1 aliphatic heterocycles. The molecule has 1 aromatic carbocycles. The van der Waals surface area contributed by atoms with Gasteiger partial charge in [-0.05, 0) is 36.6 Å². The number of nitrogens with zero attached hydrogens (tertiary/aromatic N) is 5. The van der Waals surface area contributed by atoms with Crippen LogP contribution in [0.15, 0.2) is 36.5 Å². The van der Waals surface area contributed by atoms with Crippen LogP contribution in [0.25, 0.3) is 22.6 Å². The van der Waals surface area contributed by atoms with Gasteiger partial charge in [0, 0.05) is 24.5 Å². The summed E-state index contributed by atoms with van der Waals surface area (Å²) in [4.78, 5) is 4.38. The number of para-hydroxylation sites is 1. The van der Waals surface area contributed by atoms with E-state index in [2.05, 4.69) is 25.8 Å². The standard InChI is InChI=1S/C19H17N5/c20-13-15(19-23-22-18-8-2-1-5-11-24(18)19)12-14-9-10-21-17-7-4-3-6-16(14)17/h3-4,6-7,9-10,12H,1-2,5,8,11H2. The van der Waals surface area contributed by atoms with Crippen molar-refractivity contribution in [2.24, 2.45) is 0 Å². The number of rotatable bonds is 2. The van der Waals surface area contributed by atoms with Crippen LogP contribution in [0.3, 0.4) is 0 Å². The maximum absolute atomic E-state index is 9.69. The zero-order chi connectivity index (χ0) is 16.4. The van der Waals surface area contributed by atoms with Crippen molar-refractivity contribution in [3.63, 3.8) is 0 Å². The van der Waals surface area contributed by atoms with Crippen LogP contribution < -0.4 is 0 Å². The first kappa shape index (κ1) is 14.6. The number of benzene rings is 1. The van der Waals surface area contributed by atoms with Crippen molar-refractivity contribution in [1.29, 1.82) is 5.26 Å². The summed E-state index contributed by atoms with van der Waals surface area (Å²) in [6.07, 6.45) is 8.04. The molecule has 0 atom stereocenters. The molecule has 118 valence electrons. The third-order valence-electron chi connectivity index (χ3n) is 4.45. The van der Waals surface area contributed by atoms with E-state index in [1.807, 2.05) is 36.4 Å². The lowest BCUT2D eigenvalue weighted by Gasteiger charge is -2.06. The van der Waals surface area contributed by atoms with Gasteiger partial charge in [-0.3, -0.25) is 4.98 Å². The second kappa shape index (κ2) is 6.25. The van der Waals surface area contributed by atoms with E-state index in [4.69, 9.17) is 0 Å². The first-order valence-corrected chi connectivity index (χ1v) is 8.25. The van der Waals surface area contributed by atoms with Gasteiger partial charge in [-0.1, -0.05) is 24.6 Å². The van der Waals surface area contributed by atoms with Gasteiger partial charge in [0.2, 0.25) is 0 Å². The van der Waals surface area contributed by atoms with Gasteiger partial charge in [-0.25, -0.2) is 0 Å². The number of nitriles is 1. The molecule has 0 fully saturated rings.